The van der Waals surface area contributed by atoms with Gasteiger partial charge in [-0.1, -0.05) is 39.8 Å². The van der Waals surface area contributed by atoms with E-state index < -0.39 is 0 Å². The van der Waals surface area contributed by atoms with E-state index in [-0.39, 0.29) is 11.8 Å². The molecule has 1 amide bonds. The number of allylic oxidation sites excluding steroid dienone is 2. The lowest BCUT2D eigenvalue weighted by Crippen LogP contribution is -2.18. The van der Waals surface area contributed by atoms with E-state index in [1.165, 1.54) is 11.1 Å². The zero-order chi connectivity index (χ0) is 13.3. The fraction of sp³-hybridized carbons (Fsp3) is 0.375. The van der Waals surface area contributed by atoms with E-state index in [1.807, 2.05) is 19.9 Å². The Labute approximate surface area is 109 Å². The van der Waals surface area contributed by atoms with Crippen molar-refractivity contribution >= 4 is 17.2 Å². The number of nitrogens with one attached hydrogen (secondary N) is 1. The van der Waals surface area contributed by atoms with Crippen LogP contribution in [0.2, 0.25) is 0 Å². The number of hydrogen-bond donors (Lipinski definition) is 1. The Balaban J connectivity index is 2.30. The molecule has 95 valence electrons. The maximum absolute atomic E-state index is 11.8. The van der Waals surface area contributed by atoms with Gasteiger partial charge in [0.1, 0.15) is 0 Å². The summed E-state index contributed by atoms with van der Waals surface area (Å²) in [5, 5.41) is 3.00. The number of rotatable bonds is 4. The van der Waals surface area contributed by atoms with Gasteiger partial charge in [0.25, 0.3) is 0 Å². The average Bonchev–Trinajstić information content (AvgIpc) is 3.12. The predicted molar refractivity (Wildman–Crippen MR) is 76.3 cm³/mol. The van der Waals surface area contributed by atoms with Crippen LogP contribution in [0, 0.1) is 12.3 Å². The third-order valence-corrected chi connectivity index (χ3v) is 3.14. The van der Waals surface area contributed by atoms with Crippen LogP contribution in [0.5, 0.6) is 0 Å². The third-order valence-electron chi connectivity index (χ3n) is 3.14. The predicted octanol–water partition coefficient (Wildman–Crippen LogP) is 4.01. The van der Waals surface area contributed by atoms with Gasteiger partial charge in [0.15, 0.2) is 0 Å². The van der Waals surface area contributed by atoms with Gasteiger partial charge in [0.2, 0.25) is 5.91 Å². The summed E-state index contributed by atoms with van der Waals surface area (Å²) < 4.78 is 0. The summed E-state index contributed by atoms with van der Waals surface area (Å²) in [6.07, 6.45) is 4.15. The van der Waals surface area contributed by atoms with Crippen molar-refractivity contribution in [2.75, 3.05) is 5.32 Å². The topological polar surface area (TPSA) is 29.1 Å². The van der Waals surface area contributed by atoms with Crippen molar-refractivity contribution in [3.63, 3.8) is 0 Å². The summed E-state index contributed by atoms with van der Waals surface area (Å²) in [6.45, 7) is 8.16. The Morgan fingerprint density at radius 1 is 1.17 bits per heavy atom. The SMILES string of the molecule is CC(C)C(=O)Nc1ccc(C(C)C)cc1C1=C[CH]1. The molecule has 0 aliphatic heterocycles. The van der Waals surface area contributed by atoms with Crippen molar-refractivity contribution < 1.29 is 4.79 Å². The van der Waals surface area contributed by atoms with Crippen molar-refractivity contribution in [3.8, 4) is 0 Å². The van der Waals surface area contributed by atoms with Gasteiger partial charge >= 0.3 is 0 Å². The fourth-order valence-electron chi connectivity index (χ4n) is 1.77. The van der Waals surface area contributed by atoms with Crippen LogP contribution in [0.15, 0.2) is 24.3 Å². The van der Waals surface area contributed by atoms with Gasteiger partial charge in [-0.2, -0.15) is 0 Å². The Hall–Kier alpha value is -1.57. The Bertz CT molecular complexity index is 498. The molecule has 1 aromatic rings. The maximum Gasteiger partial charge on any atom is 0.226 e. The molecule has 2 heteroatoms. The van der Waals surface area contributed by atoms with Crippen LogP contribution in [-0.2, 0) is 4.79 Å². The van der Waals surface area contributed by atoms with Gasteiger partial charge in [-0.25, -0.2) is 0 Å². The zero-order valence-electron chi connectivity index (χ0n) is 11.4. The summed E-state index contributed by atoms with van der Waals surface area (Å²) in [5.41, 5.74) is 4.57. The molecular formula is C16H20NO. The normalized spacial score (nSPS) is 13.8. The minimum absolute atomic E-state index is 0.000197. The lowest BCUT2D eigenvalue weighted by Gasteiger charge is -2.14. The van der Waals surface area contributed by atoms with Crippen LogP contribution in [0.3, 0.4) is 0 Å². The van der Waals surface area contributed by atoms with Crippen molar-refractivity contribution in [2.45, 2.75) is 33.6 Å². The molecule has 0 heterocycles. The number of carbonyl (C=O) groups is 1. The lowest BCUT2D eigenvalue weighted by molar-refractivity contribution is -0.118. The Morgan fingerprint density at radius 3 is 2.33 bits per heavy atom. The monoisotopic (exact) mass is 242 g/mol. The first-order chi connectivity index (χ1) is 8.49. The Kier molecular flexibility index (Phi) is 3.55. The molecule has 0 saturated heterocycles. The van der Waals surface area contributed by atoms with Crippen molar-refractivity contribution in [3.05, 3.63) is 41.8 Å². The second kappa shape index (κ2) is 4.97. The number of carbonyl (C=O) groups excluding carboxylic acids is 1. The number of amides is 1. The summed E-state index contributed by atoms with van der Waals surface area (Å²) >= 11 is 0. The molecule has 18 heavy (non-hydrogen) atoms. The zero-order valence-corrected chi connectivity index (χ0v) is 11.4. The molecule has 0 unspecified atom stereocenters. The summed E-state index contributed by atoms with van der Waals surface area (Å²) in [5.74, 6) is 0.563. The highest BCUT2D eigenvalue weighted by Gasteiger charge is 2.18. The highest BCUT2D eigenvalue weighted by molar-refractivity contribution is 5.99. The molecule has 1 aliphatic carbocycles. The van der Waals surface area contributed by atoms with Crippen molar-refractivity contribution in [1.29, 1.82) is 0 Å². The van der Waals surface area contributed by atoms with Crippen LogP contribution < -0.4 is 5.32 Å². The van der Waals surface area contributed by atoms with Gasteiger partial charge in [0, 0.05) is 23.6 Å². The molecule has 2 nitrogen and oxygen atoms in total. The van der Waals surface area contributed by atoms with Gasteiger partial charge in [-0.3, -0.25) is 4.79 Å². The fourth-order valence-corrected chi connectivity index (χ4v) is 1.77. The summed E-state index contributed by atoms with van der Waals surface area (Å²) in [7, 11) is 0. The lowest BCUT2D eigenvalue weighted by atomic mass is 9.98. The highest BCUT2D eigenvalue weighted by atomic mass is 16.1. The second-order valence-corrected chi connectivity index (χ2v) is 5.39. The van der Waals surface area contributed by atoms with Crippen LogP contribution in [-0.4, -0.2) is 5.91 Å². The molecule has 1 radical (unpaired) electrons. The van der Waals surface area contributed by atoms with E-state index in [0.29, 0.717) is 5.92 Å². The number of hydrogen-bond acceptors (Lipinski definition) is 1. The first-order valence-corrected chi connectivity index (χ1v) is 6.49. The highest BCUT2D eigenvalue weighted by Crippen LogP contribution is 2.36. The largest absolute Gasteiger partial charge is 0.325 e. The van der Waals surface area contributed by atoms with Crippen LogP contribution in [0.1, 0.15) is 44.7 Å². The molecule has 0 atom stereocenters. The molecule has 0 spiro atoms. The van der Waals surface area contributed by atoms with Crippen molar-refractivity contribution in [2.24, 2.45) is 5.92 Å². The first-order valence-electron chi connectivity index (χ1n) is 6.49. The summed E-state index contributed by atoms with van der Waals surface area (Å²) in [6, 6.07) is 6.28. The van der Waals surface area contributed by atoms with Crippen LogP contribution in [0.25, 0.3) is 5.57 Å². The van der Waals surface area contributed by atoms with Gasteiger partial charge in [0.05, 0.1) is 0 Å². The van der Waals surface area contributed by atoms with E-state index >= 15 is 0 Å². The first kappa shape index (κ1) is 12.9. The molecule has 0 bridgehead atoms. The molecular weight excluding hydrogens is 222 g/mol. The van der Waals surface area contributed by atoms with E-state index in [4.69, 9.17) is 0 Å². The Morgan fingerprint density at radius 2 is 1.83 bits per heavy atom. The average molecular weight is 242 g/mol. The maximum atomic E-state index is 11.8. The van der Waals surface area contributed by atoms with E-state index in [9.17, 15) is 4.79 Å². The molecule has 1 aliphatic rings. The molecule has 0 aromatic heterocycles. The summed E-state index contributed by atoms with van der Waals surface area (Å²) in [4.78, 5) is 11.8. The molecule has 2 rings (SSSR count). The smallest absolute Gasteiger partial charge is 0.226 e. The molecule has 0 fully saturated rings. The van der Waals surface area contributed by atoms with E-state index in [0.717, 1.165) is 11.3 Å². The van der Waals surface area contributed by atoms with Crippen LogP contribution >= 0.6 is 0 Å². The standard InChI is InChI=1S/C16H20NO/c1-10(2)13-7-8-15(17-16(18)11(3)4)14(9-13)12-5-6-12/h5-11H,1-4H3,(H,17,18). The second-order valence-electron chi connectivity index (χ2n) is 5.39. The van der Waals surface area contributed by atoms with E-state index in [2.05, 4.69) is 43.8 Å². The molecule has 0 saturated carbocycles. The van der Waals surface area contributed by atoms with Gasteiger partial charge in [-0.05, 0) is 29.2 Å². The number of benzene rings is 1. The minimum atomic E-state index is -0.000197. The minimum Gasteiger partial charge on any atom is -0.325 e. The third kappa shape index (κ3) is 2.81. The van der Waals surface area contributed by atoms with E-state index in [1.54, 1.807) is 0 Å². The van der Waals surface area contributed by atoms with Gasteiger partial charge < -0.3 is 5.32 Å². The van der Waals surface area contributed by atoms with Crippen molar-refractivity contribution in [1.82, 2.24) is 0 Å². The molecule has 1 N–H and O–H groups in total. The number of anilines is 1. The van der Waals surface area contributed by atoms with Gasteiger partial charge in [-0.15, -0.1) is 0 Å². The molecule has 1 aromatic carbocycles. The van der Waals surface area contributed by atoms with Crippen LogP contribution in [0.4, 0.5) is 5.69 Å². The quantitative estimate of drug-likeness (QED) is 0.849.